The molecule has 94 valence electrons. The number of hydrogen-bond donors (Lipinski definition) is 1. The van der Waals surface area contributed by atoms with Gasteiger partial charge in [0.25, 0.3) is 5.56 Å². The molecule has 0 aliphatic heterocycles. The summed E-state index contributed by atoms with van der Waals surface area (Å²) < 4.78 is 5.83. The van der Waals surface area contributed by atoms with Crippen molar-refractivity contribution >= 4 is 5.78 Å². The number of aryl methyl sites for hydroxylation is 1. The van der Waals surface area contributed by atoms with Crippen LogP contribution in [0.25, 0.3) is 0 Å². The summed E-state index contributed by atoms with van der Waals surface area (Å²) in [6, 6.07) is 1.62. The minimum atomic E-state index is -0.639. The number of Topliss-reactive ketones (excluding diaryl/α,β-unsaturated/α-hetero) is 1. The summed E-state index contributed by atoms with van der Waals surface area (Å²) in [5.41, 5.74) is -0.651. The minimum Gasteiger partial charge on any atom is -0.359 e. The van der Waals surface area contributed by atoms with Crippen LogP contribution in [0, 0.1) is 6.92 Å². The molecule has 0 bridgehead atoms. The molecule has 0 saturated heterocycles. The number of ketones is 1. The van der Waals surface area contributed by atoms with Crippen molar-refractivity contribution in [1.82, 2.24) is 14.7 Å². The zero-order valence-electron chi connectivity index (χ0n) is 9.89. The van der Waals surface area contributed by atoms with E-state index in [1.807, 2.05) is 0 Å². The molecule has 1 N–H and O–H groups in total. The van der Waals surface area contributed by atoms with Crippen molar-refractivity contribution < 1.29 is 9.32 Å². The normalized spacial score (nSPS) is 10.6. The molecule has 0 spiro atoms. The molecule has 0 aromatic carbocycles. The number of aromatic amines is 1. The van der Waals surface area contributed by atoms with Gasteiger partial charge in [0, 0.05) is 12.3 Å². The third-order valence-corrected chi connectivity index (χ3v) is 2.43. The number of carbonyl (C=O) groups is 1. The molecule has 7 heteroatoms. The molecule has 0 aliphatic rings. The monoisotopic (exact) mass is 249 g/mol. The molecule has 0 fully saturated rings. The van der Waals surface area contributed by atoms with Gasteiger partial charge in [0.1, 0.15) is 0 Å². The van der Waals surface area contributed by atoms with Gasteiger partial charge in [-0.25, -0.2) is 4.79 Å². The predicted molar refractivity (Wildman–Crippen MR) is 61.7 cm³/mol. The smallest absolute Gasteiger partial charge is 0.328 e. The van der Waals surface area contributed by atoms with E-state index in [9.17, 15) is 14.4 Å². The van der Waals surface area contributed by atoms with Gasteiger partial charge in [-0.05, 0) is 13.8 Å². The van der Waals surface area contributed by atoms with Crippen molar-refractivity contribution in [1.29, 1.82) is 0 Å². The molecular weight excluding hydrogens is 238 g/mol. The van der Waals surface area contributed by atoms with E-state index in [-0.39, 0.29) is 12.1 Å². The average molecular weight is 249 g/mol. The Morgan fingerprint density at radius 3 is 2.78 bits per heavy atom. The molecule has 0 aliphatic carbocycles. The Morgan fingerprint density at radius 1 is 1.50 bits per heavy atom. The van der Waals surface area contributed by atoms with E-state index in [0.29, 0.717) is 11.5 Å². The van der Waals surface area contributed by atoms with Crippen molar-refractivity contribution in [2.75, 3.05) is 0 Å². The SMILES string of the molecule is CC(=O)c1c[nH]c(=O)n(Cc2cc(C)no2)c1=O. The first-order chi connectivity index (χ1) is 8.49. The van der Waals surface area contributed by atoms with Crippen LogP contribution in [0.15, 0.2) is 26.4 Å². The number of rotatable bonds is 3. The van der Waals surface area contributed by atoms with Gasteiger partial charge in [-0.15, -0.1) is 0 Å². The maximum absolute atomic E-state index is 11.9. The highest BCUT2D eigenvalue weighted by atomic mass is 16.5. The standard InChI is InChI=1S/C11H11N3O4/c1-6-3-8(18-13-6)5-14-10(16)9(7(2)15)4-12-11(14)17/h3-4H,5H2,1-2H3,(H,12,17). The fourth-order valence-corrected chi connectivity index (χ4v) is 1.55. The molecule has 0 radical (unpaired) electrons. The second-order valence-electron chi connectivity index (χ2n) is 3.89. The third-order valence-electron chi connectivity index (χ3n) is 2.43. The number of carbonyl (C=O) groups excluding carboxylic acids is 1. The topological polar surface area (TPSA) is 98.0 Å². The lowest BCUT2D eigenvalue weighted by atomic mass is 10.2. The summed E-state index contributed by atoms with van der Waals surface area (Å²) in [5.74, 6) is -0.0282. The maximum atomic E-state index is 11.9. The lowest BCUT2D eigenvalue weighted by Gasteiger charge is -2.02. The molecule has 0 unspecified atom stereocenters. The molecule has 0 amide bonds. The van der Waals surface area contributed by atoms with Crippen LogP contribution in [-0.4, -0.2) is 20.5 Å². The van der Waals surface area contributed by atoms with Gasteiger partial charge in [0.15, 0.2) is 11.5 Å². The predicted octanol–water partition coefficient (Wildman–Crippen LogP) is 0.0839. The zero-order chi connectivity index (χ0) is 13.3. The number of nitrogens with one attached hydrogen (secondary N) is 1. The van der Waals surface area contributed by atoms with Crippen LogP contribution in [0.4, 0.5) is 0 Å². The first kappa shape index (κ1) is 12.0. The first-order valence-electron chi connectivity index (χ1n) is 5.24. The quantitative estimate of drug-likeness (QED) is 0.777. The average Bonchev–Trinajstić information content (AvgIpc) is 2.69. The molecule has 2 aromatic rings. The van der Waals surface area contributed by atoms with Gasteiger partial charge < -0.3 is 9.51 Å². The van der Waals surface area contributed by atoms with Crippen LogP contribution in [-0.2, 0) is 6.54 Å². The maximum Gasteiger partial charge on any atom is 0.328 e. The molecule has 0 saturated carbocycles. The Labute approximate surface area is 101 Å². The van der Waals surface area contributed by atoms with Gasteiger partial charge in [-0.3, -0.25) is 14.2 Å². The molecule has 2 rings (SSSR count). The number of hydrogen-bond acceptors (Lipinski definition) is 5. The molecule has 18 heavy (non-hydrogen) atoms. The van der Waals surface area contributed by atoms with Crippen LogP contribution < -0.4 is 11.2 Å². The second-order valence-corrected chi connectivity index (χ2v) is 3.89. The van der Waals surface area contributed by atoms with E-state index >= 15 is 0 Å². The minimum absolute atomic E-state index is 0.0594. The van der Waals surface area contributed by atoms with Crippen LogP contribution >= 0.6 is 0 Å². The van der Waals surface area contributed by atoms with Crippen LogP contribution in [0.5, 0.6) is 0 Å². The number of nitrogens with zero attached hydrogens (tertiary/aromatic N) is 2. The van der Waals surface area contributed by atoms with E-state index in [4.69, 9.17) is 4.52 Å². The molecule has 2 aromatic heterocycles. The van der Waals surface area contributed by atoms with Crippen molar-refractivity contribution in [3.05, 3.63) is 50.1 Å². The van der Waals surface area contributed by atoms with Crippen molar-refractivity contribution in [2.45, 2.75) is 20.4 Å². The Bertz CT molecular complexity index is 708. The Kier molecular flexibility index (Phi) is 2.97. The van der Waals surface area contributed by atoms with Gasteiger partial charge in [-0.1, -0.05) is 5.16 Å². The summed E-state index contributed by atoms with van der Waals surface area (Å²) in [6.07, 6.45) is 1.12. The van der Waals surface area contributed by atoms with E-state index < -0.39 is 17.0 Å². The van der Waals surface area contributed by atoms with Crippen molar-refractivity contribution in [2.24, 2.45) is 0 Å². The van der Waals surface area contributed by atoms with Gasteiger partial charge in [0.2, 0.25) is 0 Å². The summed E-state index contributed by atoms with van der Waals surface area (Å²) in [4.78, 5) is 37.0. The molecular formula is C11H11N3O4. The van der Waals surface area contributed by atoms with Crippen molar-refractivity contribution in [3.8, 4) is 0 Å². The van der Waals surface area contributed by atoms with Crippen LogP contribution in [0.1, 0.15) is 28.7 Å². The fourth-order valence-electron chi connectivity index (χ4n) is 1.55. The largest absolute Gasteiger partial charge is 0.359 e. The van der Waals surface area contributed by atoms with E-state index in [1.54, 1.807) is 13.0 Å². The lowest BCUT2D eigenvalue weighted by molar-refractivity contribution is 0.101. The van der Waals surface area contributed by atoms with Crippen molar-refractivity contribution in [3.63, 3.8) is 0 Å². The second kappa shape index (κ2) is 4.44. The molecule has 7 nitrogen and oxygen atoms in total. The van der Waals surface area contributed by atoms with E-state index in [0.717, 1.165) is 10.8 Å². The highest BCUT2D eigenvalue weighted by Gasteiger charge is 2.12. The van der Waals surface area contributed by atoms with Crippen LogP contribution in [0.2, 0.25) is 0 Å². The summed E-state index contributed by atoms with van der Waals surface area (Å²) >= 11 is 0. The first-order valence-corrected chi connectivity index (χ1v) is 5.24. The molecule has 0 atom stereocenters. The fraction of sp³-hybridized carbons (Fsp3) is 0.273. The Balaban J connectivity index is 2.50. The Morgan fingerprint density at radius 2 is 2.22 bits per heavy atom. The molecule has 2 heterocycles. The number of H-pyrrole nitrogens is 1. The summed E-state index contributed by atoms with van der Waals surface area (Å²) in [5, 5.41) is 3.66. The summed E-state index contributed by atoms with van der Waals surface area (Å²) in [6.45, 7) is 2.93. The van der Waals surface area contributed by atoms with Gasteiger partial charge in [0.05, 0.1) is 17.8 Å². The zero-order valence-corrected chi connectivity index (χ0v) is 9.89. The van der Waals surface area contributed by atoms with E-state index in [1.165, 1.54) is 6.92 Å². The highest BCUT2D eigenvalue weighted by molar-refractivity contribution is 5.93. The number of aromatic nitrogens is 3. The van der Waals surface area contributed by atoms with E-state index in [2.05, 4.69) is 10.1 Å². The van der Waals surface area contributed by atoms with Gasteiger partial charge >= 0.3 is 5.69 Å². The Hall–Kier alpha value is -2.44. The highest BCUT2D eigenvalue weighted by Crippen LogP contribution is 2.02. The van der Waals surface area contributed by atoms with Crippen LogP contribution in [0.3, 0.4) is 0 Å². The lowest BCUT2D eigenvalue weighted by Crippen LogP contribution is -2.37. The van der Waals surface area contributed by atoms with Gasteiger partial charge in [-0.2, -0.15) is 0 Å². The third kappa shape index (κ3) is 2.15. The summed E-state index contributed by atoms with van der Waals surface area (Å²) in [7, 11) is 0.